The highest BCUT2D eigenvalue weighted by molar-refractivity contribution is 9.10. The number of ether oxygens (including phenoxy) is 1. The highest BCUT2D eigenvalue weighted by atomic mass is 79.9. The first kappa shape index (κ1) is 15.4. The number of benzene rings is 1. The summed E-state index contributed by atoms with van der Waals surface area (Å²) in [5.41, 5.74) is 3.84. The molecule has 2 atom stereocenters. The number of morpholine rings is 1. The van der Waals surface area contributed by atoms with E-state index in [1.807, 2.05) is 6.07 Å². The van der Waals surface area contributed by atoms with E-state index in [0.717, 1.165) is 29.7 Å². The van der Waals surface area contributed by atoms with Gasteiger partial charge in [-0.25, -0.2) is 5.84 Å². The van der Waals surface area contributed by atoms with Gasteiger partial charge in [0.05, 0.1) is 12.7 Å². The number of carbonyl (C=O) groups excluding carboxylic acids is 1. The van der Waals surface area contributed by atoms with Crippen LogP contribution in [0.2, 0.25) is 0 Å². The third-order valence-corrected chi connectivity index (χ3v) is 4.29. The van der Waals surface area contributed by atoms with E-state index in [1.165, 1.54) is 0 Å². The largest absolute Gasteiger partial charge is 0.376 e. The Morgan fingerprint density at radius 2 is 2.30 bits per heavy atom. The SMILES string of the molecule is CC1CN(Cc2ccc(C(=O)NN)cc2Br)C(C)CO1. The molecule has 6 heteroatoms. The fraction of sp³-hybridized carbons (Fsp3) is 0.500. The summed E-state index contributed by atoms with van der Waals surface area (Å²) in [5, 5.41) is 0. The number of hydrogen-bond donors (Lipinski definition) is 2. The third kappa shape index (κ3) is 3.58. The van der Waals surface area contributed by atoms with Crippen LogP contribution in [0.1, 0.15) is 29.8 Å². The summed E-state index contributed by atoms with van der Waals surface area (Å²) in [7, 11) is 0. The Hall–Kier alpha value is -0.950. The maximum atomic E-state index is 11.5. The molecule has 1 aromatic carbocycles. The Morgan fingerprint density at radius 1 is 1.55 bits per heavy atom. The number of hydrazine groups is 1. The molecule has 110 valence electrons. The van der Waals surface area contributed by atoms with Crippen LogP contribution < -0.4 is 11.3 Å². The highest BCUT2D eigenvalue weighted by Gasteiger charge is 2.24. The second-order valence-electron chi connectivity index (χ2n) is 5.20. The van der Waals surface area contributed by atoms with Gasteiger partial charge < -0.3 is 4.74 Å². The van der Waals surface area contributed by atoms with E-state index in [9.17, 15) is 4.79 Å². The van der Waals surface area contributed by atoms with Gasteiger partial charge in [-0.1, -0.05) is 22.0 Å². The molecule has 0 aliphatic carbocycles. The fourth-order valence-corrected chi connectivity index (χ4v) is 2.82. The standard InChI is InChI=1S/C14H20BrN3O2/c1-9-8-20-10(2)6-18(9)7-12-4-3-11(5-13(12)15)14(19)17-16/h3-5,9-10H,6-8,16H2,1-2H3,(H,17,19). The van der Waals surface area contributed by atoms with Crippen molar-refractivity contribution in [2.24, 2.45) is 5.84 Å². The topological polar surface area (TPSA) is 67.6 Å². The number of nitrogens with two attached hydrogens (primary N) is 1. The molecule has 1 aromatic rings. The maximum absolute atomic E-state index is 11.5. The van der Waals surface area contributed by atoms with Crippen LogP contribution in [0.15, 0.2) is 22.7 Å². The van der Waals surface area contributed by atoms with Crippen molar-refractivity contribution in [1.29, 1.82) is 0 Å². The van der Waals surface area contributed by atoms with Crippen LogP contribution >= 0.6 is 15.9 Å². The van der Waals surface area contributed by atoms with E-state index >= 15 is 0 Å². The summed E-state index contributed by atoms with van der Waals surface area (Å²) < 4.78 is 6.55. The Labute approximate surface area is 127 Å². The smallest absolute Gasteiger partial charge is 0.265 e. The molecule has 0 radical (unpaired) electrons. The van der Waals surface area contributed by atoms with Crippen molar-refractivity contribution in [1.82, 2.24) is 10.3 Å². The molecule has 3 N–H and O–H groups in total. The summed E-state index contributed by atoms with van der Waals surface area (Å²) >= 11 is 3.53. The fourth-order valence-electron chi connectivity index (χ4n) is 2.31. The van der Waals surface area contributed by atoms with Gasteiger partial charge >= 0.3 is 0 Å². The first-order valence-electron chi connectivity index (χ1n) is 6.66. The maximum Gasteiger partial charge on any atom is 0.265 e. The lowest BCUT2D eigenvalue weighted by Gasteiger charge is -2.37. The zero-order chi connectivity index (χ0) is 14.7. The highest BCUT2D eigenvalue weighted by Crippen LogP contribution is 2.23. The van der Waals surface area contributed by atoms with E-state index in [0.29, 0.717) is 11.6 Å². The number of hydrogen-bond acceptors (Lipinski definition) is 4. The van der Waals surface area contributed by atoms with Crippen molar-refractivity contribution in [3.8, 4) is 0 Å². The quantitative estimate of drug-likeness (QED) is 0.498. The predicted molar refractivity (Wildman–Crippen MR) is 81.1 cm³/mol. The predicted octanol–water partition coefficient (Wildman–Crippen LogP) is 1.66. The Morgan fingerprint density at radius 3 is 2.95 bits per heavy atom. The molecule has 1 heterocycles. The molecule has 1 saturated heterocycles. The molecule has 1 amide bonds. The van der Waals surface area contributed by atoms with Crippen molar-refractivity contribution < 1.29 is 9.53 Å². The molecular formula is C14H20BrN3O2. The van der Waals surface area contributed by atoms with Crippen LogP contribution in [-0.4, -0.2) is 36.1 Å². The number of amides is 1. The lowest BCUT2D eigenvalue weighted by molar-refractivity contribution is -0.0527. The second kappa shape index (κ2) is 6.67. The minimum atomic E-state index is -0.286. The Bertz CT molecular complexity index is 495. The van der Waals surface area contributed by atoms with E-state index < -0.39 is 0 Å². The summed E-state index contributed by atoms with van der Waals surface area (Å²) in [5.74, 6) is 4.85. The zero-order valence-corrected chi connectivity index (χ0v) is 13.3. The Kier molecular flexibility index (Phi) is 5.15. The summed E-state index contributed by atoms with van der Waals surface area (Å²) in [6, 6.07) is 5.94. The van der Waals surface area contributed by atoms with E-state index in [4.69, 9.17) is 10.6 Å². The van der Waals surface area contributed by atoms with Crippen molar-refractivity contribution in [2.75, 3.05) is 13.2 Å². The molecular weight excluding hydrogens is 322 g/mol. The third-order valence-electron chi connectivity index (χ3n) is 3.56. The van der Waals surface area contributed by atoms with Crippen LogP contribution in [0, 0.1) is 0 Å². The molecule has 1 aliphatic heterocycles. The van der Waals surface area contributed by atoms with E-state index in [2.05, 4.69) is 40.1 Å². The van der Waals surface area contributed by atoms with Crippen molar-refractivity contribution in [3.05, 3.63) is 33.8 Å². The Balaban J connectivity index is 2.11. The summed E-state index contributed by atoms with van der Waals surface area (Å²) in [4.78, 5) is 13.9. The van der Waals surface area contributed by atoms with Gasteiger partial charge in [-0.15, -0.1) is 0 Å². The van der Waals surface area contributed by atoms with Crippen molar-refractivity contribution >= 4 is 21.8 Å². The van der Waals surface area contributed by atoms with Crippen LogP contribution in [0.25, 0.3) is 0 Å². The number of nitrogens with one attached hydrogen (secondary N) is 1. The average molecular weight is 342 g/mol. The van der Waals surface area contributed by atoms with Gasteiger partial charge in [-0.05, 0) is 31.5 Å². The second-order valence-corrected chi connectivity index (χ2v) is 6.06. The minimum absolute atomic E-state index is 0.257. The molecule has 2 unspecified atom stereocenters. The van der Waals surface area contributed by atoms with Gasteiger partial charge in [0, 0.05) is 29.2 Å². The molecule has 0 bridgehead atoms. The zero-order valence-electron chi connectivity index (χ0n) is 11.7. The molecule has 2 rings (SSSR count). The minimum Gasteiger partial charge on any atom is -0.376 e. The van der Waals surface area contributed by atoms with Crippen LogP contribution in [0.3, 0.4) is 0 Å². The number of carbonyl (C=O) groups is 1. The summed E-state index contributed by atoms with van der Waals surface area (Å²) in [6.45, 7) is 6.75. The molecule has 1 fully saturated rings. The average Bonchev–Trinajstić information content (AvgIpc) is 2.44. The first-order valence-corrected chi connectivity index (χ1v) is 7.45. The molecule has 0 saturated carbocycles. The van der Waals surface area contributed by atoms with Gasteiger partial charge in [0.1, 0.15) is 0 Å². The lowest BCUT2D eigenvalue weighted by atomic mass is 10.1. The van der Waals surface area contributed by atoms with Gasteiger partial charge in [-0.2, -0.15) is 0 Å². The lowest BCUT2D eigenvalue weighted by Crippen LogP contribution is -2.46. The summed E-state index contributed by atoms with van der Waals surface area (Å²) in [6.07, 6.45) is 0.257. The van der Waals surface area contributed by atoms with Crippen molar-refractivity contribution in [3.63, 3.8) is 0 Å². The van der Waals surface area contributed by atoms with Crippen LogP contribution in [-0.2, 0) is 11.3 Å². The molecule has 20 heavy (non-hydrogen) atoms. The van der Waals surface area contributed by atoms with Gasteiger partial charge in [0.25, 0.3) is 5.91 Å². The van der Waals surface area contributed by atoms with Crippen molar-refractivity contribution in [2.45, 2.75) is 32.5 Å². The van der Waals surface area contributed by atoms with Crippen LogP contribution in [0.5, 0.6) is 0 Å². The number of halogens is 1. The van der Waals surface area contributed by atoms with Gasteiger partial charge in [0.15, 0.2) is 0 Å². The number of nitrogens with zero attached hydrogens (tertiary/aromatic N) is 1. The molecule has 0 spiro atoms. The molecule has 5 nitrogen and oxygen atoms in total. The normalized spacial score (nSPS) is 23.6. The first-order chi connectivity index (χ1) is 9.51. The number of nitrogen functional groups attached to an aromatic ring is 1. The van der Waals surface area contributed by atoms with E-state index in [-0.39, 0.29) is 12.0 Å². The molecule has 1 aliphatic rings. The molecule has 0 aromatic heterocycles. The van der Waals surface area contributed by atoms with E-state index in [1.54, 1.807) is 12.1 Å². The monoisotopic (exact) mass is 341 g/mol. The van der Waals surface area contributed by atoms with Gasteiger partial charge in [-0.3, -0.25) is 15.1 Å². The van der Waals surface area contributed by atoms with Crippen LogP contribution in [0.4, 0.5) is 0 Å². The van der Waals surface area contributed by atoms with Gasteiger partial charge in [0.2, 0.25) is 0 Å². The number of rotatable bonds is 3.